The zero-order valence-electron chi connectivity index (χ0n) is 10.5. The van der Waals surface area contributed by atoms with Crippen LogP contribution in [0.2, 0.25) is 0 Å². The van der Waals surface area contributed by atoms with Crippen molar-refractivity contribution in [3.05, 3.63) is 34.9 Å². The largest absolute Gasteiger partial charge is 0.378 e. The first-order valence-corrected chi connectivity index (χ1v) is 5.98. The molecule has 0 aromatic heterocycles. The maximum absolute atomic E-state index is 5.56. The summed E-state index contributed by atoms with van der Waals surface area (Å²) in [6, 6.07) is 6.68. The Hall–Kier alpha value is -0.860. The maximum Gasteiger partial charge on any atom is 0.0649 e. The van der Waals surface area contributed by atoms with Crippen LogP contribution in [0.5, 0.6) is 0 Å². The van der Waals surface area contributed by atoms with Crippen molar-refractivity contribution < 1.29 is 4.74 Å². The molecule has 0 radical (unpaired) electrons. The normalized spacial score (nSPS) is 25.7. The SMILES string of the molecule is Cc1ccc(CC2(C)COCCN2)c(C)c1. The first-order valence-electron chi connectivity index (χ1n) is 5.98. The van der Waals surface area contributed by atoms with Gasteiger partial charge in [-0.05, 0) is 38.3 Å². The number of aryl methyl sites for hydroxylation is 2. The molecular weight excluding hydrogens is 198 g/mol. The lowest BCUT2D eigenvalue weighted by Gasteiger charge is -2.35. The molecule has 0 bridgehead atoms. The Morgan fingerprint density at radius 2 is 2.19 bits per heavy atom. The Balaban J connectivity index is 2.13. The fourth-order valence-corrected chi connectivity index (χ4v) is 2.35. The minimum absolute atomic E-state index is 0.0955. The zero-order valence-corrected chi connectivity index (χ0v) is 10.5. The van der Waals surface area contributed by atoms with Gasteiger partial charge in [-0.1, -0.05) is 23.8 Å². The zero-order chi connectivity index (χ0) is 11.6. The van der Waals surface area contributed by atoms with Crippen LogP contribution in [0.4, 0.5) is 0 Å². The Morgan fingerprint density at radius 3 is 2.81 bits per heavy atom. The van der Waals surface area contributed by atoms with Gasteiger partial charge >= 0.3 is 0 Å². The van der Waals surface area contributed by atoms with E-state index in [9.17, 15) is 0 Å². The van der Waals surface area contributed by atoms with Crippen LogP contribution in [0, 0.1) is 13.8 Å². The van der Waals surface area contributed by atoms with E-state index in [4.69, 9.17) is 4.74 Å². The van der Waals surface area contributed by atoms with Gasteiger partial charge in [0.2, 0.25) is 0 Å². The third-order valence-electron chi connectivity index (χ3n) is 3.30. The van der Waals surface area contributed by atoms with Crippen molar-refractivity contribution in [3.8, 4) is 0 Å². The van der Waals surface area contributed by atoms with Gasteiger partial charge in [-0.15, -0.1) is 0 Å². The average molecular weight is 219 g/mol. The Bertz CT molecular complexity index is 367. The van der Waals surface area contributed by atoms with Gasteiger partial charge < -0.3 is 10.1 Å². The molecule has 1 aromatic rings. The van der Waals surface area contributed by atoms with E-state index in [0.717, 1.165) is 26.2 Å². The number of benzene rings is 1. The van der Waals surface area contributed by atoms with E-state index in [2.05, 4.69) is 44.3 Å². The van der Waals surface area contributed by atoms with E-state index in [-0.39, 0.29) is 5.54 Å². The molecule has 1 fully saturated rings. The second-order valence-corrected chi connectivity index (χ2v) is 5.15. The molecule has 0 amide bonds. The number of hydrogen-bond donors (Lipinski definition) is 1. The predicted octanol–water partition coefficient (Wildman–Crippen LogP) is 2.22. The smallest absolute Gasteiger partial charge is 0.0649 e. The van der Waals surface area contributed by atoms with E-state index >= 15 is 0 Å². The number of morpholine rings is 1. The van der Waals surface area contributed by atoms with Gasteiger partial charge in [-0.2, -0.15) is 0 Å². The van der Waals surface area contributed by atoms with Crippen LogP contribution in [0.15, 0.2) is 18.2 Å². The minimum Gasteiger partial charge on any atom is -0.378 e. The van der Waals surface area contributed by atoms with Crippen LogP contribution >= 0.6 is 0 Å². The Kier molecular flexibility index (Phi) is 3.31. The van der Waals surface area contributed by atoms with E-state index in [1.54, 1.807) is 0 Å². The molecule has 1 N–H and O–H groups in total. The molecule has 2 heteroatoms. The quantitative estimate of drug-likeness (QED) is 0.823. The third-order valence-corrected chi connectivity index (χ3v) is 3.30. The first-order chi connectivity index (χ1) is 7.59. The molecule has 2 nitrogen and oxygen atoms in total. The van der Waals surface area contributed by atoms with Gasteiger partial charge in [-0.3, -0.25) is 0 Å². The van der Waals surface area contributed by atoms with Crippen LogP contribution in [-0.4, -0.2) is 25.3 Å². The van der Waals surface area contributed by atoms with Crippen LogP contribution in [0.25, 0.3) is 0 Å². The molecule has 1 unspecified atom stereocenters. The predicted molar refractivity (Wildman–Crippen MR) is 66.8 cm³/mol. The van der Waals surface area contributed by atoms with Crippen LogP contribution in [0.1, 0.15) is 23.6 Å². The summed E-state index contributed by atoms with van der Waals surface area (Å²) in [6.07, 6.45) is 1.04. The highest BCUT2D eigenvalue weighted by Crippen LogP contribution is 2.19. The molecule has 0 spiro atoms. The fourth-order valence-electron chi connectivity index (χ4n) is 2.35. The maximum atomic E-state index is 5.56. The lowest BCUT2D eigenvalue weighted by molar-refractivity contribution is 0.0355. The van der Waals surface area contributed by atoms with Gasteiger partial charge in [-0.25, -0.2) is 0 Å². The summed E-state index contributed by atoms with van der Waals surface area (Å²) in [5.41, 5.74) is 4.23. The van der Waals surface area contributed by atoms with Crippen molar-refractivity contribution in [2.45, 2.75) is 32.7 Å². The number of rotatable bonds is 2. The fraction of sp³-hybridized carbons (Fsp3) is 0.571. The number of hydrogen-bond acceptors (Lipinski definition) is 2. The summed E-state index contributed by atoms with van der Waals surface area (Å²) >= 11 is 0. The lowest BCUT2D eigenvalue weighted by atomic mass is 9.90. The highest BCUT2D eigenvalue weighted by atomic mass is 16.5. The molecule has 1 aromatic carbocycles. The van der Waals surface area contributed by atoms with Crippen molar-refractivity contribution in [2.24, 2.45) is 0 Å². The van der Waals surface area contributed by atoms with Crippen molar-refractivity contribution in [3.63, 3.8) is 0 Å². The van der Waals surface area contributed by atoms with Gasteiger partial charge in [0.15, 0.2) is 0 Å². The van der Waals surface area contributed by atoms with Gasteiger partial charge in [0.25, 0.3) is 0 Å². The monoisotopic (exact) mass is 219 g/mol. The summed E-state index contributed by atoms with van der Waals surface area (Å²) in [7, 11) is 0. The Morgan fingerprint density at radius 1 is 1.38 bits per heavy atom. The molecule has 0 saturated carbocycles. The van der Waals surface area contributed by atoms with E-state index in [1.165, 1.54) is 16.7 Å². The standard InChI is InChI=1S/C14H21NO/c1-11-4-5-13(12(2)8-11)9-14(3)10-16-7-6-15-14/h4-5,8,15H,6-7,9-10H2,1-3H3. The molecule has 1 aliphatic rings. The van der Waals surface area contributed by atoms with Gasteiger partial charge in [0, 0.05) is 12.1 Å². The number of ether oxygens (including phenoxy) is 1. The van der Waals surface area contributed by atoms with Crippen molar-refractivity contribution >= 4 is 0 Å². The van der Waals surface area contributed by atoms with Crippen LogP contribution < -0.4 is 5.32 Å². The molecular formula is C14H21NO. The summed E-state index contributed by atoms with van der Waals surface area (Å²) in [6.45, 7) is 9.17. The average Bonchev–Trinajstić information content (AvgIpc) is 2.23. The van der Waals surface area contributed by atoms with Crippen LogP contribution in [-0.2, 0) is 11.2 Å². The lowest BCUT2D eigenvalue weighted by Crippen LogP contribution is -2.53. The molecule has 2 rings (SSSR count). The molecule has 16 heavy (non-hydrogen) atoms. The number of nitrogens with one attached hydrogen (secondary N) is 1. The highest BCUT2D eigenvalue weighted by molar-refractivity contribution is 5.31. The van der Waals surface area contributed by atoms with E-state index < -0.39 is 0 Å². The first kappa shape index (κ1) is 11.6. The summed E-state index contributed by atoms with van der Waals surface area (Å²) in [4.78, 5) is 0. The molecule has 1 saturated heterocycles. The highest BCUT2D eigenvalue weighted by Gasteiger charge is 2.27. The van der Waals surface area contributed by atoms with Gasteiger partial charge in [0.05, 0.1) is 13.2 Å². The van der Waals surface area contributed by atoms with Crippen molar-refractivity contribution in [2.75, 3.05) is 19.8 Å². The van der Waals surface area contributed by atoms with Gasteiger partial charge in [0.1, 0.15) is 0 Å². The van der Waals surface area contributed by atoms with Crippen molar-refractivity contribution in [1.29, 1.82) is 0 Å². The Labute approximate surface area is 98.0 Å². The summed E-state index contributed by atoms with van der Waals surface area (Å²) in [5.74, 6) is 0. The second-order valence-electron chi connectivity index (χ2n) is 5.15. The topological polar surface area (TPSA) is 21.3 Å². The molecule has 1 heterocycles. The third kappa shape index (κ3) is 2.63. The molecule has 1 atom stereocenters. The second kappa shape index (κ2) is 4.56. The van der Waals surface area contributed by atoms with Crippen molar-refractivity contribution in [1.82, 2.24) is 5.32 Å². The summed E-state index contributed by atoms with van der Waals surface area (Å²) in [5, 5.41) is 3.56. The molecule has 1 aliphatic heterocycles. The minimum atomic E-state index is 0.0955. The molecule has 88 valence electrons. The van der Waals surface area contributed by atoms with Crippen LogP contribution in [0.3, 0.4) is 0 Å². The van der Waals surface area contributed by atoms with E-state index in [0.29, 0.717) is 0 Å². The molecule has 0 aliphatic carbocycles. The van der Waals surface area contributed by atoms with E-state index in [1.807, 2.05) is 0 Å². The summed E-state index contributed by atoms with van der Waals surface area (Å²) < 4.78 is 5.56.